The quantitative estimate of drug-likeness (QED) is 0.512. The number of esters is 1. The van der Waals surface area contributed by atoms with Gasteiger partial charge in [-0.15, -0.1) is 11.3 Å². The lowest BCUT2D eigenvalue weighted by molar-refractivity contribution is 0.0526. The molecule has 0 spiro atoms. The van der Waals surface area contributed by atoms with Crippen molar-refractivity contribution in [2.75, 3.05) is 17.2 Å². The molecule has 3 aromatic rings. The minimum Gasteiger partial charge on any atom is -0.462 e. The molecule has 2 aromatic carbocycles. The van der Waals surface area contributed by atoms with E-state index >= 15 is 0 Å². The van der Waals surface area contributed by atoms with Crippen molar-refractivity contribution in [1.29, 1.82) is 0 Å². The van der Waals surface area contributed by atoms with Crippen molar-refractivity contribution in [1.82, 2.24) is 0 Å². The Balaban J connectivity index is 1.56. The number of halogens is 1. The van der Waals surface area contributed by atoms with Gasteiger partial charge in [-0.3, -0.25) is 9.59 Å². The second-order valence-corrected chi connectivity index (χ2v) is 8.35. The number of nitrogens with one attached hydrogen (secondary N) is 2. The van der Waals surface area contributed by atoms with E-state index in [0.29, 0.717) is 21.8 Å². The summed E-state index contributed by atoms with van der Waals surface area (Å²) in [6.07, 6.45) is 2.52. The number of aryl methyl sites for hydroxylation is 1. The highest BCUT2D eigenvalue weighted by atomic mass is 32.1. The van der Waals surface area contributed by atoms with Crippen LogP contribution in [0.5, 0.6) is 0 Å². The number of carbonyl (C=O) groups is 3. The van der Waals surface area contributed by atoms with Gasteiger partial charge in [-0.2, -0.15) is 0 Å². The van der Waals surface area contributed by atoms with Crippen LogP contribution < -0.4 is 10.6 Å². The molecule has 1 heterocycles. The molecule has 0 saturated heterocycles. The summed E-state index contributed by atoms with van der Waals surface area (Å²) >= 11 is 1.35. The SMILES string of the molecule is CCOC(=O)c1ccc(NC(=O)c2c(NC(=O)c3ccccc3F)sc3c2CCC3)cc1. The maximum Gasteiger partial charge on any atom is 0.338 e. The third-order valence-electron chi connectivity index (χ3n) is 5.15. The first-order valence-corrected chi connectivity index (χ1v) is 11.1. The van der Waals surface area contributed by atoms with E-state index in [2.05, 4.69) is 10.6 Å². The van der Waals surface area contributed by atoms with Crippen molar-refractivity contribution in [3.8, 4) is 0 Å². The Morgan fingerprint density at radius 1 is 1.00 bits per heavy atom. The summed E-state index contributed by atoms with van der Waals surface area (Å²) in [5.41, 5.74) is 2.13. The summed E-state index contributed by atoms with van der Waals surface area (Å²) in [6.45, 7) is 2.01. The van der Waals surface area contributed by atoms with Gasteiger partial charge in [-0.1, -0.05) is 12.1 Å². The smallest absolute Gasteiger partial charge is 0.338 e. The molecule has 2 N–H and O–H groups in total. The van der Waals surface area contributed by atoms with Crippen molar-refractivity contribution in [2.24, 2.45) is 0 Å². The summed E-state index contributed by atoms with van der Waals surface area (Å²) in [5, 5.41) is 5.95. The fourth-order valence-corrected chi connectivity index (χ4v) is 4.93. The predicted octanol–water partition coefficient (Wildman–Crippen LogP) is 5.06. The van der Waals surface area contributed by atoms with Crippen LogP contribution in [0.25, 0.3) is 0 Å². The average molecular weight is 453 g/mol. The zero-order valence-electron chi connectivity index (χ0n) is 17.4. The second-order valence-electron chi connectivity index (χ2n) is 7.25. The fraction of sp³-hybridized carbons (Fsp3) is 0.208. The predicted molar refractivity (Wildman–Crippen MR) is 121 cm³/mol. The van der Waals surface area contributed by atoms with Crippen LogP contribution in [0.1, 0.15) is 54.9 Å². The van der Waals surface area contributed by atoms with Crippen molar-refractivity contribution < 1.29 is 23.5 Å². The van der Waals surface area contributed by atoms with Crippen molar-refractivity contribution >= 4 is 39.8 Å². The number of carbonyl (C=O) groups excluding carboxylic acids is 3. The third kappa shape index (κ3) is 4.40. The molecular formula is C24H21FN2O4S. The fourth-order valence-electron chi connectivity index (χ4n) is 3.65. The molecule has 8 heteroatoms. The van der Waals surface area contributed by atoms with Crippen LogP contribution in [0.4, 0.5) is 15.1 Å². The van der Waals surface area contributed by atoms with Gasteiger partial charge < -0.3 is 15.4 Å². The summed E-state index contributed by atoms with van der Waals surface area (Å²) in [4.78, 5) is 38.6. The molecule has 1 aromatic heterocycles. The van der Waals surface area contributed by atoms with Crippen LogP contribution in [0.2, 0.25) is 0 Å². The van der Waals surface area contributed by atoms with E-state index in [1.165, 1.54) is 29.5 Å². The first kappa shape index (κ1) is 21.7. The van der Waals surface area contributed by atoms with Crippen LogP contribution in [0.3, 0.4) is 0 Å². The molecule has 0 saturated carbocycles. The molecule has 4 rings (SSSR count). The highest BCUT2D eigenvalue weighted by Gasteiger charge is 2.28. The minimum absolute atomic E-state index is 0.0815. The summed E-state index contributed by atoms with van der Waals surface area (Å²) in [7, 11) is 0. The molecule has 0 bridgehead atoms. The lowest BCUT2D eigenvalue weighted by Crippen LogP contribution is -2.18. The highest BCUT2D eigenvalue weighted by Crippen LogP contribution is 2.39. The van der Waals surface area contributed by atoms with Gasteiger partial charge in [0.1, 0.15) is 10.8 Å². The van der Waals surface area contributed by atoms with Gasteiger partial charge in [0.2, 0.25) is 0 Å². The van der Waals surface area contributed by atoms with Crippen molar-refractivity contribution in [3.63, 3.8) is 0 Å². The number of anilines is 2. The molecule has 32 heavy (non-hydrogen) atoms. The summed E-state index contributed by atoms with van der Waals surface area (Å²) in [5.74, 6) is -2.02. The molecule has 0 unspecified atom stereocenters. The van der Waals surface area contributed by atoms with Crippen LogP contribution in [-0.4, -0.2) is 24.4 Å². The lowest BCUT2D eigenvalue weighted by Gasteiger charge is -2.10. The number of thiophene rings is 1. The Morgan fingerprint density at radius 3 is 2.47 bits per heavy atom. The number of ether oxygens (including phenoxy) is 1. The van der Waals surface area contributed by atoms with Crippen molar-refractivity contribution in [2.45, 2.75) is 26.2 Å². The molecule has 6 nitrogen and oxygen atoms in total. The molecule has 0 aliphatic heterocycles. The topological polar surface area (TPSA) is 84.5 Å². The average Bonchev–Trinajstić information content (AvgIpc) is 3.35. The van der Waals surface area contributed by atoms with Crippen LogP contribution in [-0.2, 0) is 17.6 Å². The van der Waals surface area contributed by atoms with Gasteiger partial charge in [0.15, 0.2) is 0 Å². The number of hydrogen-bond donors (Lipinski definition) is 2. The van der Waals surface area contributed by atoms with Crippen LogP contribution >= 0.6 is 11.3 Å². The Bertz CT molecular complexity index is 1190. The van der Waals surface area contributed by atoms with Gasteiger partial charge in [-0.05, 0) is 68.1 Å². The van der Waals surface area contributed by atoms with Gasteiger partial charge in [0, 0.05) is 10.6 Å². The Labute approximate surface area is 188 Å². The Morgan fingerprint density at radius 2 is 1.75 bits per heavy atom. The van der Waals surface area contributed by atoms with E-state index in [9.17, 15) is 18.8 Å². The number of benzene rings is 2. The molecular weight excluding hydrogens is 431 g/mol. The molecule has 164 valence electrons. The third-order valence-corrected chi connectivity index (χ3v) is 6.36. The van der Waals surface area contributed by atoms with E-state index in [4.69, 9.17) is 4.74 Å². The van der Waals surface area contributed by atoms with Gasteiger partial charge in [0.05, 0.1) is 23.3 Å². The Hall–Kier alpha value is -3.52. The van der Waals surface area contributed by atoms with E-state index in [-0.39, 0.29) is 18.1 Å². The largest absolute Gasteiger partial charge is 0.462 e. The molecule has 0 fully saturated rings. The van der Waals surface area contributed by atoms with Gasteiger partial charge >= 0.3 is 5.97 Å². The lowest BCUT2D eigenvalue weighted by atomic mass is 10.1. The molecule has 1 aliphatic carbocycles. The zero-order chi connectivity index (χ0) is 22.7. The standard InChI is InChI=1S/C24H21FN2O4S/c1-2-31-24(30)14-10-12-15(13-11-14)26-22(29)20-17-7-5-9-19(17)32-23(20)27-21(28)16-6-3-4-8-18(16)25/h3-4,6,8,10-13H,2,5,7,9H2,1H3,(H,26,29)(H,27,28). The number of amides is 2. The molecule has 2 amide bonds. The maximum absolute atomic E-state index is 14.0. The number of fused-ring (bicyclic) bond motifs is 1. The summed E-state index contributed by atoms with van der Waals surface area (Å²) in [6, 6.07) is 12.1. The molecule has 0 radical (unpaired) electrons. The van der Waals surface area contributed by atoms with Crippen LogP contribution in [0, 0.1) is 5.82 Å². The van der Waals surface area contributed by atoms with Crippen LogP contribution in [0.15, 0.2) is 48.5 Å². The Kier molecular flexibility index (Phi) is 6.32. The highest BCUT2D eigenvalue weighted by molar-refractivity contribution is 7.17. The normalized spacial score (nSPS) is 12.2. The van der Waals surface area contributed by atoms with E-state index in [1.807, 2.05) is 0 Å². The minimum atomic E-state index is -0.623. The first-order chi connectivity index (χ1) is 15.5. The van der Waals surface area contributed by atoms with Gasteiger partial charge in [0.25, 0.3) is 11.8 Å². The van der Waals surface area contributed by atoms with Crippen molar-refractivity contribution in [3.05, 3.63) is 81.5 Å². The van der Waals surface area contributed by atoms with Gasteiger partial charge in [-0.25, -0.2) is 9.18 Å². The first-order valence-electron chi connectivity index (χ1n) is 10.3. The maximum atomic E-state index is 14.0. The van der Waals surface area contributed by atoms with E-state index in [1.54, 1.807) is 37.3 Å². The molecule has 1 aliphatic rings. The van der Waals surface area contributed by atoms with E-state index in [0.717, 1.165) is 29.7 Å². The number of rotatable bonds is 6. The summed E-state index contributed by atoms with van der Waals surface area (Å²) < 4.78 is 19.0. The zero-order valence-corrected chi connectivity index (χ0v) is 18.2. The second kappa shape index (κ2) is 9.32. The monoisotopic (exact) mass is 452 g/mol. The number of hydrogen-bond acceptors (Lipinski definition) is 5. The molecule has 0 atom stereocenters. The van der Waals surface area contributed by atoms with E-state index < -0.39 is 17.7 Å².